The average molecular weight is 310 g/mol. The van der Waals surface area contributed by atoms with Gasteiger partial charge >= 0.3 is 5.97 Å². The summed E-state index contributed by atoms with van der Waals surface area (Å²) in [4.78, 5) is 11.1. The summed E-state index contributed by atoms with van der Waals surface area (Å²) < 4.78 is 14.9. The van der Waals surface area contributed by atoms with Crippen LogP contribution in [0.1, 0.15) is 5.56 Å². The van der Waals surface area contributed by atoms with Crippen molar-refractivity contribution in [3.05, 3.63) is 66.0 Å². The van der Waals surface area contributed by atoms with Crippen molar-refractivity contribution >= 4 is 5.97 Å². The molecule has 0 bridgehead atoms. The summed E-state index contributed by atoms with van der Waals surface area (Å²) in [6, 6.07) is 16.0. The fourth-order valence-corrected chi connectivity index (χ4v) is 2.45. The van der Waals surface area contributed by atoms with E-state index in [9.17, 15) is 9.18 Å². The Hall–Kier alpha value is -2.95. The summed E-state index contributed by atoms with van der Waals surface area (Å²) in [6.45, 7) is 1.42. The normalized spacial score (nSPS) is 10.7. The van der Waals surface area contributed by atoms with E-state index >= 15 is 0 Å². The third-order valence-corrected chi connectivity index (χ3v) is 3.59. The Bertz CT molecular complexity index is 857. The highest BCUT2D eigenvalue weighted by Gasteiger charge is 2.14. The molecule has 1 heterocycles. The molecule has 23 heavy (non-hydrogen) atoms. The molecule has 2 aromatic carbocycles. The topological polar surface area (TPSA) is 55.1 Å². The molecule has 0 fully saturated rings. The van der Waals surface area contributed by atoms with Crippen LogP contribution in [0.25, 0.3) is 22.5 Å². The summed E-state index contributed by atoms with van der Waals surface area (Å²) in [5.74, 6) is -1.27. The zero-order valence-corrected chi connectivity index (χ0v) is 12.5. The van der Waals surface area contributed by atoms with Crippen molar-refractivity contribution < 1.29 is 14.3 Å². The lowest BCUT2D eigenvalue weighted by Crippen LogP contribution is -2.11. The van der Waals surface area contributed by atoms with E-state index in [0.717, 1.165) is 11.1 Å². The van der Waals surface area contributed by atoms with E-state index in [2.05, 4.69) is 5.10 Å². The Labute approximate surface area is 132 Å². The van der Waals surface area contributed by atoms with Gasteiger partial charge in [0.1, 0.15) is 12.4 Å². The number of benzene rings is 2. The Morgan fingerprint density at radius 3 is 2.52 bits per heavy atom. The molecule has 1 aromatic heterocycles. The maximum Gasteiger partial charge on any atom is 0.325 e. The van der Waals surface area contributed by atoms with Gasteiger partial charge in [-0.2, -0.15) is 5.10 Å². The van der Waals surface area contributed by atoms with Gasteiger partial charge in [0.15, 0.2) is 0 Å². The lowest BCUT2D eigenvalue weighted by Gasteiger charge is -2.06. The van der Waals surface area contributed by atoms with Crippen molar-refractivity contribution in [2.45, 2.75) is 13.5 Å². The first-order valence-corrected chi connectivity index (χ1v) is 7.16. The highest BCUT2D eigenvalue weighted by atomic mass is 19.1. The van der Waals surface area contributed by atoms with Gasteiger partial charge < -0.3 is 5.11 Å². The summed E-state index contributed by atoms with van der Waals surface area (Å²) in [7, 11) is 0. The van der Waals surface area contributed by atoms with Crippen LogP contribution in [0.4, 0.5) is 4.39 Å². The summed E-state index contributed by atoms with van der Waals surface area (Å²) in [5, 5.41) is 13.5. The van der Waals surface area contributed by atoms with Gasteiger partial charge in [0, 0.05) is 11.1 Å². The summed E-state index contributed by atoms with van der Waals surface area (Å²) in [6.07, 6.45) is 0. The molecular formula is C18H15FN2O2. The van der Waals surface area contributed by atoms with E-state index in [0.29, 0.717) is 17.0 Å². The molecule has 0 saturated carbocycles. The van der Waals surface area contributed by atoms with Crippen molar-refractivity contribution in [3.63, 3.8) is 0 Å². The number of rotatable bonds is 4. The minimum atomic E-state index is -0.979. The second-order valence-electron chi connectivity index (χ2n) is 5.30. The molecule has 0 atom stereocenters. The van der Waals surface area contributed by atoms with Gasteiger partial charge in [0.25, 0.3) is 0 Å². The Morgan fingerprint density at radius 1 is 1.13 bits per heavy atom. The predicted octanol–water partition coefficient (Wildman–Crippen LogP) is 3.75. The average Bonchev–Trinajstić information content (AvgIpc) is 2.94. The smallest absolute Gasteiger partial charge is 0.325 e. The number of hydrogen-bond donors (Lipinski definition) is 1. The molecule has 4 nitrogen and oxygen atoms in total. The molecule has 1 N–H and O–H groups in total. The van der Waals surface area contributed by atoms with Crippen LogP contribution in [-0.4, -0.2) is 20.9 Å². The number of nitrogens with zero attached hydrogens (tertiary/aromatic N) is 2. The first-order chi connectivity index (χ1) is 11.0. The van der Waals surface area contributed by atoms with Gasteiger partial charge in [-0.15, -0.1) is 0 Å². The van der Waals surface area contributed by atoms with E-state index in [1.165, 1.54) is 10.7 Å². The molecule has 116 valence electrons. The number of carboxylic acid groups (broad SMARTS) is 1. The van der Waals surface area contributed by atoms with Crippen LogP contribution in [-0.2, 0) is 11.3 Å². The van der Waals surface area contributed by atoms with Gasteiger partial charge in [-0.3, -0.25) is 9.48 Å². The number of aryl methyl sites for hydroxylation is 1. The molecule has 0 radical (unpaired) electrons. The molecule has 0 aliphatic carbocycles. The largest absolute Gasteiger partial charge is 0.480 e. The molecule has 3 aromatic rings. The monoisotopic (exact) mass is 310 g/mol. The number of hydrogen-bond acceptors (Lipinski definition) is 2. The van der Waals surface area contributed by atoms with Crippen LogP contribution in [0.5, 0.6) is 0 Å². The third-order valence-electron chi connectivity index (χ3n) is 3.59. The SMILES string of the molecule is Cc1cc(-c2cc(-c3ccccc3)nn2CC(=O)O)ccc1F. The summed E-state index contributed by atoms with van der Waals surface area (Å²) in [5.41, 5.74) is 3.47. The number of aliphatic carboxylic acids is 1. The van der Waals surface area contributed by atoms with Crippen LogP contribution in [0, 0.1) is 12.7 Å². The molecule has 0 aliphatic heterocycles. The quantitative estimate of drug-likeness (QED) is 0.798. The van der Waals surface area contributed by atoms with Crippen LogP contribution < -0.4 is 0 Å². The summed E-state index contributed by atoms with van der Waals surface area (Å²) >= 11 is 0. The number of carbonyl (C=O) groups is 1. The second-order valence-corrected chi connectivity index (χ2v) is 5.30. The highest BCUT2D eigenvalue weighted by molar-refractivity contribution is 5.72. The van der Waals surface area contributed by atoms with Gasteiger partial charge in [0.2, 0.25) is 0 Å². The molecule has 3 rings (SSSR count). The van der Waals surface area contributed by atoms with Gasteiger partial charge in [-0.25, -0.2) is 4.39 Å². The van der Waals surface area contributed by atoms with Crippen molar-refractivity contribution in [2.75, 3.05) is 0 Å². The standard InChI is InChI=1S/C18H15FN2O2/c1-12-9-14(7-8-15(12)19)17-10-16(13-5-3-2-4-6-13)20-21(17)11-18(22)23/h2-10H,11H2,1H3,(H,22,23). The number of halogens is 1. The van der Waals surface area contributed by atoms with E-state index < -0.39 is 5.97 Å². The number of aromatic nitrogens is 2. The highest BCUT2D eigenvalue weighted by Crippen LogP contribution is 2.27. The Kier molecular flexibility index (Phi) is 3.93. The molecular weight excluding hydrogens is 295 g/mol. The fraction of sp³-hybridized carbons (Fsp3) is 0.111. The maximum absolute atomic E-state index is 13.5. The second kappa shape index (κ2) is 6.04. The van der Waals surface area contributed by atoms with E-state index in [4.69, 9.17) is 5.11 Å². The molecule has 0 unspecified atom stereocenters. The minimum absolute atomic E-state index is 0.251. The zero-order valence-electron chi connectivity index (χ0n) is 12.5. The zero-order chi connectivity index (χ0) is 16.4. The minimum Gasteiger partial charge on any atom is -0.480 e. The van der Waals surface area contributed by atoms with Crippen LogP contribution in [0.15, 0.2) is 54.6 Å². The van der Waals surface area contributed by atoms with Crippen LogP contribution in [0.2, 0.25) is 0 Å². The Balaban J connectivity index is 2.12. The van der Waals surface area contributed by atoms with E-state index in [-0.39, 0.29) is 12.4 Å². The van der Waals surface area contributed by atoms with Gasteiger partial charge in [0.05, 0.1) is 11.4 Å². The molecule has 0 amide bonds. The first-order valence-electron chi connectivity index (χ1n) is 7.16. The number of carboxylic acids is 1. The lowest BCUT2D eigenvalue weighted by atomic mass is 10.1. The molecule has 0 saturated heterocycles. The van der Waals surface area contributed by atoms with Crippen molar-refractivity contribution in [2.24, 2.45) is 0 Å². The Morgan fingerprint density at radius 2 is 1.87 bits per heavy atom. The lowest BCUT2D eigenvalue weighted by molar-refractivity contribution is -0.137. The van der Waals surface area contributed by atoms with Crippen molar-refractivity contribution in [1.29, 1.82) is 0 Å². The first kappa shape index (κ1) is 15.0. The van der Waals surface area contributed by atoms with Crippen molar-refractivity contribution in [3.8, 4) is 22.5 Å². The fourth-order valence-electron chi connectivity index (χ4n) is 2.45. The van der Waals surface area contributed by atoms with Crippen molar-refractivity contribution in [1.82, 2.24) is 9.78 Å². The molecule has 5 heteroatoms. The van der Waals surface area contributed by atoms with E-state index in [1.807, 2.05) is 36.4 Å². The van der Waals surface area contributed by atoms with Gasteiger partial charge in [-0.1, -0.05) is 30.3 Å². The van der Waals surface area contributed by atoms with Gasteiger partial charge in [-0.05, 0) is 36.8 Å². The van der Waals surface area contributed by atoms with Crippen LogP contribution >= 0.6 is 0 Å². The maximum atomic E-state index is 13.5. The molecule has 0 aliphatic rings. The third kappa shape index (κ3) is 3.13. The molecule has 0 spiro atoms. The van der Waals surface area contributed by atoms with Crippen LogP contribution in [0.3, 0.4) is 0 Å². The van der Waals surface area contributed by atoms with E-state index in [1.54, 1.807) is 19.1 Å². The predicted molar refractivity (Wildman–Crippen MR) is 85.4 cm³/mol.